The van der Waals surface area contributed by atoms with E-state index in [9.17, 15) is 14.4 Å². The lowest BCUT2D eigenvalue weighted by atomic mass is 9.96. The molecule has 39 heavy (non-hydrogen) atoms. The molecule has 3 rings (SSSR count). The number of likely N-dealkylation sites (N-methyl/N-ethyl adjacent to an activating group) is 1. The Morgan fingerprint density at radius 3 is 2.15 bits per heavy atom. The summed E-state index contributed by atoms with van der Waals surface area (Å²) in [6.07, 6.45) is 6.05. The number of carboxylic acids is 3. The molecule has 0 radical (unpaired) electrons. The Balaban J connectivity index is 0.000000349. The van der Waals surface area contributed by atoms with Gasteiger partial charge in [0.2, 0.25) is 5.95 Å². The van der Waals surface area contributed by atoms with Crippen molar-refractivity contribution in [3.8, 4) is 0 Å². The summed E-state index contributed by atoms with van der Waals surface area (Å²) >= 11 is 0. The van der Waals surface area contributed by atoms with E-state index in [0.717, 1.165) is 43.4 Å². The summed E-state index contributed by atoms with van der Waals surface area (Å²) in [5.41, 5.74) is -0.482. The van der Waals surface area contributed by atoms with Gasteiger partial charge >= 0.3 is 17.9 Å². The van der Waals surface area contributed by atoms with Gasteiger partial charge in [0.1, 0.15) is 0 Å². The Morgan fingerprint density at radius 2 is 1.67 bits per heavy atom. The second-order valence-corrected chi connectivity index (χ2v) is 9.68. The highest BCUT2D eigenvalue weighted by molar-refractivity contribution is 5.88. The van der Waals surface area contributed by atoms with Crippen LogP contribution >= 0.6 is 0 Å². The minimum Gasteiger partial charge on any atom is -0.481 e. The molecule has 2 aromatic rings. The molecule has 1 atom stereocenters. The van der Waals surface area contributed by atoms with Crippen LogP contribution in [0.15, 0.2) is 36.8 Å². The van der Waals surface area contributed by atoms with E-state index in [2.05, 4.69) is 43.8 Å². The van der Waals surface area contributed by atoms with Crippen molar-refractivity contribution < 1.29 is 34.8 Å². The highest BCUT2D eigenvalue weighted by atomic mass is 16.4. The van der Waals surface area contributed by atoms with E-state index in [-0.39, 0.29) is 0 Å². The second-order valence-electron chi connectivity index (χ2n) is 9.68. The van der Waals surface area contributed by atoms with E-state index >= 15 is 0 Å². The largest absolute Gasteiger partial charge is 0.481 e. The maximum absolute atomic E-state index is 10.3. The molecule has 1 fully saturated rings. The van der Waals surface area contributed by atoms with Gasteiger partial charge in [-0.05, 0) is 38.1 Å². The number of likely N-dealkylation sites (tertiary alicyclic amines) is 1. The fourth-order valence-corrected chi connectivity index (χ4v) is 4.35. The molecule has 1 unspecified atom stereocenters. The average molecular weight is 547 g/mol. The first-order valence-electron chi connectivity index (χ1n) is 12.7. The van der Waals surface area contributed by atoms with Crippen LogP contribution in [0.2, 0.25) is 0 Å². The normalized spacial score (nSPS) is 15.5. The predicted molar refractivity (Wildman–Crippen MR) is 142 cm³/mol. The van der Waals surface area contributed by atoms with Gasteiger partial charge in [0.05, 0.1) is 18.5 Å². The summed E-state index contributed by atoms with van der Waals surface area (Å²) in [5.74, 6) is -4.27. The van der Waals surface area contributed by atoms with Crippen LogP contribution in [0.1, 0.15) is 43.9 Å². The van der Waals surface area contributed by atoms with Crippen LogP contribution in [-0.2, 0) is 27.5 Å². The molecule has 214 valence electrons. The SMILES string of the molecule is CCN1CCCC1CN(Cc1cnc(N(C)C)nc1)Cc1ccccn1.O=C(O)CC(O)(CC(=O)O)C(=O)O. The van der Waals surface area contributed by atoms with Crippen molar-refractivity contribution >= 4 is 23.9 Å². The van der Waals surface area contributed by atoms with Crippen molar-refractivity contribution in [3.63, 3.8) is 0 Å². The number of aromatic nitrogens is 3. The fourth-order valence-electron chi connectivity index (χ4n) is 4.35. The van der Waals surface area contributed by atoms with Gasteiger partial charge in [0.25, 0.3) is 0 Å². The number of rotatable bonds is 13. The van der Waals surface area contributed by atoms with E-state index in [1.807, 2.05) is 43.7 Å². The van der Waals surface area contributed by atoms with Gasteiger partial charge in [-0.25, -0.2) is 14.8 Å². The van der Waals surface area contributed by atoms with Gasteiger partial charge in [0.15, 0.2) is 5.60 Å². The van der Waals surface area contributed by atoms with Gasteiger partial charge < -0.3 is 25.3 Å². The van der Waals surface area contributed by atoms with Crippen molar-refractivity contribution in [1.82, 2.24) is 24.8 Å². The Morgan fingerprint density at radius 1 is 1.03 bits per heavy atom. The van der Waals surface area contributed by atoms with Crippen LogP contribution in [0, 0.1) is 0 Å². The molecule has 0 aromatic carbocycles. The van der Waals surface area contributed by atoms with Crippen LogP contribution in [0.25, 0.3) is 0 Å². The summed E-state index contributed by atoms with van der Waals surface area (Å²) in [4.78, 5) is 50.9. The molecular formula is C26H38N6O7. The third kappa shape index (κ3) is 10.5. The van der Waals surface area contributed by atoms with Gasteiger partial charge in [-0.15, -0.1) is 0 Å². The van der Waals surface area contributed by atoms with E-state index < -0.39 is 36.4 Å². The summed E-state index contributed by atoms with van der Waals surface area (Å²) < 4.78 is 0. The third-order valence-electron chi connectivity index (χ3n) is 6.27. The molecule has 3 heterocycles. The molecule has 4 N–H and O–H groups in total. The molecule has 13 nitrogen and oxygen atoms in total. The quantitative estimate of drug-likeness (QED) is 0.281. The van der Waals surface area contributed by atoms with Gasteiger partial charge in [-0.3, -0.25) is 24.4 Å². The van der Waals surface area contributed by atoms with Crippen LogP contribution < -0.4 is 4.90 Å². The first-order valence-corrected chi connectivity index (χ1v) is 12.7. The Labute approximate surface area is 227 Å². The molecular weight excluding hydrogens is 508 g/mol. The van der Waals surface area contributed by atoms with Gasteiger partial charge in [-0.2, -0.15) is 0 Å². The van der Waals surface area contributed by atoms with Gasteiger partial charge in [0, 0.05) is 63.9 Å². The smallest absolute Gasteiger partial charge is 0.336 e. The van der Waals surface area contributed by atoms with Crippen molar-refractivity contribution in [3.05, 3.63) is 48.0 Å². The number of carboxylic acid groups (broad SMARTS) is 3. The number of pyridine rings is 1. The van der Waals surface area contributed by atoms with E-state index in [1.54, 1.807) is 0 Å². The number of nitrogens with zero attached hydrogens (tertiary/aromatic N) is 6. The number of anilines is 1. The Kier molecular flexibility index (Phi) is 12.2. The predicted octanol–water partition coefficient (Wildman–Crippen LogP) is 1.18. The summed E-state index contributed by atoms with van der Waals surface area (Å²) in [6, 6.07) is 6.76. The highest BCUT2D eigenvalue weighted by Gasteiger charge is 2.40. The minimum absolute atomic E-state index is 0.630. The van der Waals surface area contributed by atoms with E-state index in [1.165, 1.54) is 19.4 Å². The molecule has 0 saturated carbocycles. The maximum atomic E-state index is 10.3. The number of carbonyl (C=O) groups is 3. The maximum Gasteiger partial charge on any atom is 0.336 e. The molecule has 1 saturated heterocycles. The molecule has 13 heteroatoms. The van der Waals surface area contributed by atoms with Crippen molar-refractivity contribution in [2.24, 2.45) is 0 Å². The first-order chi connectivity index (χ1) is 18.4. The van der Waals surface area contributed by atoms with Crippen LogP contribution in [0.5, 0.6) is 0 Å². The number of aliphatic carboxylic acids is 3. The molecule has 0 amide bonds. The van der Waals surface area contributed by atoms with Crippen molar-refractivity contribution in [2.45, 2.75) is 57.3 Å². The summed E-state index contributed by atoms with van der Waals surface area (Å²) in [5, 5.41) is 33.8. The fraction of sp³-hybridized carbons (Fsp3) is 0.538. The molecule has 1 aliphatic heterocycles. The molecule has 2 aromatic heterocycles. The summed E-state index contributed by atoms with van der Waals surface area (Å²) in [7, 11) is 3.92. The van der Waals surface area contributed by atoms with Crippen molar-refractivity contribution in [2.75, 3.05) is 38.6 Å². The Bertz CT molecular complexity index is 1050. The average Bonchev–Trinajstić information content (AvgIpc) is 3.31. The highest BCUT2D eigenvalue weighted by Crippen LogP contribution is 2.20. The zero-order valence-corrected chi connectivity index (χ0v) is 22.6. The van der Waals surface area contributed by atoms with Crippen LogP contribution in [-0.4, -0.2) is 108 Å². The lowest BCUT2D eigenvalue weighted by Gasteiger charge is -2.30. The standard InChI is InChI=1S/C20H30N6.C6H8O7/c1-4-26-11-7-9-19(26)16-25(15-18-8-5-6-10-21-18)14-17-12-22-20(23-13-17)24(2)3;7-3(8)1-6(13,5(11)12)2-4(9)10/h5-6,8,10,12-13,19H,4,7,9,11,14-16H2,1-3H3;13H,1-2H2,(H,7,8)(H,9,10)(H,11,12). The molecule has 0 aliphatic carbocycles. The number of aliphatic hydroxyl groups is 1. The lowest BCUT2D eigenvalue weighted by molar-refractivity contribution is -0.170. The van der Waals surface area contributed by atoms with Crippen molar-refractivity contribution in [1.29, 1.82) is 0 Å². The number of hydrogen-bond donors (Lipinski definition) is 4. The van der Waals surface area contributed by atoms with E-state index in [0.29, 0.717) is 6.04 Å². The van der Waals surface area contributed by atoms with Crippen LogP contribution in [0.4, 0.5) is 5.95 Å². The second kappa shape index (κ2) is 15.0. The first kappa shape index (κ1) is 31.5. The zero-order valence-electron chi connectivity index (χ0n) is 22.6. The number of hydrogen-bond acceptors (Lipinski definition) is 10. The Hall–Kier alpha value is -3.68. The lowest BCUT2D eigenvalue weighted by Crippen LogP contribution is -2.42. The van der Waals surface area contributed by atoms with Crippen LogP contribution in [0.3, 0.4) is 0 Å². The van der Waals surface area contributed by atoms with Gasteiger partial charge in [-0.1, -0.05) is 13.0 Å². The summed E-state index contributed by atoms with van der Waals surface area (Å²) in [6.45, 7) is 7.36. The topological polar surface area (TPSA) is 181 Å². The molecule has 1 aliphatic rings. The van der Waals surface area contributed by atoms with E-state index in [4.69, 9.17) is 20.4 Å². The molecule has 0 spiro atoms. The molecule has 0 bridgehead atoms. The zero-order chi connectivity index (χ0) is 29.0. The third-order valence-corrected chi connectivity index (χ3v) is 6.27. The minimum atomic E-state index is -2.74. The monoisotopic (exact) mass is 546 g/mol.